The molecule has 0 saturated carbocycles. The van der Waals surface area contributed by atoms with Crippen molar-refractivity contribution in [3.63, 3.8) is 0 Å². The van der Waals surface area contributed by atoms with Gasteiger partial charge in [0.1, 0.15) is 6.61 Å². The average molecular weight is 309 g/mol. The summed E-state index contributed by atoms with van der Waals surface area (Å²) in [6.45, 7) is 1.22. The van der Waals surface area contributed by atoms with Crippen molar-refractivity contribution in [3.8, 4) is 11.5 Å². The lowest BCUT2D eigenvalue weighted by molar-refractivity contribution is 0.0436. The molecule has 2 aromatic rings. The summed E-state index contributed by atoms with van der Waals surface area (Å²) in [7, 11) is 0. The van der Waals surface area contributed by atoms with Crippen LogP contribution in [0.15, 0.2) is 34.9 Å². The Morgan fingerprint density at radius 1 is 1.29 bits per heavy atom. The number of benzene rings is 1. The Morgan fingerprint density at radius 2 is 2.14 bits per heavy atom. The summed E-state index contributed by atoms with van der Waals surface area (Å²) >= 11 is 6.17. The molecule has 5 nitrogen and oxygen atoms in total. The van der Waals surface area contributed by atoms with Crippen molar-refractivity contribution >= 4 is 17.6 Å². The summed E-state index contributed by atoms with van der Waals surface area (Å²) in [5.41, 5.74) is 0.726. The summed E-state index contributed by atoms with van der Waals surface area (Å²) in [6.07, 6.45) is 2.22. The van der Waals surface area contributed by atoms with E-state index in [2.05, 4.69) is 0 Å². The SMILES string of the molecule is O=C(OCc1cc(Cl)c2c(c1)OCCCO2)c1ccco1. The zero-order valence-electron chi connectivity index (χ0n) is 11.1. The minimum absolute atomic E-state index is 0.0793. The van der Waals surface area contributed by atoms with Gasteiger partial charge in [0, 0.05) is 6.42 Å². The number of rotatable bonds is 3. The second kappa shape index (κ2) is 6.10. The van der Waals surface area contributed by atoms with Crippen LogP contribution in [0.3, 0.4) is 0 Å². The maximum atomic E-state index is 11.7. The molecule has 3 rings (SSSR count). The van der Waals surface area contributed by atoms with Crippen LogP contribution >= 0.6 is 11.6 Å². The molecule has 1 aromatic heterocycles. The fourth-order valence-electron chi connectivity index (χ4n) is 1.98. The number of hydrogen-bond acceptors (Lipinski definition) is 5. The van der Waals surface area contributed by atoms with E-state index in [1.54, 1.807) is 24.3 Å². The number of carbonyl (C=O) groups excluding carboxylic acids is 1. The largest absolute Gasteiger partial charge is 0.489 e. The Balaban J connectivity index is 1.73. The number of ether oxygens (including phenoxy) is 3. The van der Waals surface area contributed by atoms with Crippen LogP contribution in [0.4, 0.5) is 0 Å². The van der Waals surface area contributed by atoms with Crippen LogP contribution < -0.4 is 9.47 Å². The van der Waals surface area contributed by atoms with Crippen molar-refractivity contribution in [1.29, 1.82) is 0 Å². The van der Waals surface area contributed by atoms with Crippen LogP contribution in [-0.2, 0) is 11.3 Å². The summed E-state index contributed by atoms with van der Waals surface area (Å²) in [5.74, 6) is 0.748. The number of carbonyl (C=O) groups is 1. The van der Waals surface area contributed by atoms with Crippen LogP contribution in [0.5, 0.6) is 11.5 Å². The van der Waals surface area contributed by atoms with Crippen LogP contribution in [0.1, 0.15) is 22.5 Å². The van der Waals surface area contributed by atoms with Crippen molar-refractivity contribution in [2.75, 3.05) is 13.2 Å². The van der Waals surface area contributed by atoms with E-state index in [0.29, 0.717) is 29.7 Å². The zero-order chi connectivity index (χ0) is 14.7. The molecule has 0 fully saturated rings. The lowest BCUT2D eigenvalue weighted by Gasteiger charge is -2.11. The van der Waals surface area contributed by atoms with E-state index in [1.165, 1.54) is 6.26 Å². The van der Waals surface area contributed by atoms with Gasteiger partial charge in [0.2, 0.25) is 5.76 Å². The van der Waals surface area contributed by atoms with Crippen LogP contribution in [-0.4, -0.2) is 19.2 Å². The zero-order valence-corrected chi connectivity index (χ0v) is 11.9. The minimum atomic E-state index is -0.525. The Labute approximate surface area is 126 Å². The highest BCUT2D eigenvalue weighted by atomic mass is 35.5. The Hall–Kier alpha value is -2.14. The first kappa shape index (κ1) is 13.8. The fraction of sp³-hybridized carbons (Fsp3) is 0.267. The van der Waals surface area contributed by atoms with E-state index >= 15 is 0 Å². The molecule has 2 heterocycles. The molecular weight excluding hydrogens is 296 g/mol. The predicted molar refractivity (Wildman–Crippen MR) is 74.9 cm³/mol. The number of hydrogen-bond donors (Lipinski definition) is 0. The molecule has 0 aliphatic carbocycles. The lowest BCUT2D eigenvalue weighted by atomic mass is 10.2. The Morgan fingerprint density at radius 3 is 2.95 bits per heavy atom. The van der Waals surface area contributed by atoms with Crippen LogP contribution in [0.25, 0.3) is 0 Å². The van der Waals surface area contributed by atoms with E-state index in [0.717, 1.165) is 12.0 Å². The van der Waals surface area contributed by atoms with Crippen LogP contribution in [0.2, 0.25) is 5.02 Å². The molecule has 21 heavy (non-hydrogen) atoms. The molecule has 1 aliphatic rings. The molecule has 0 unspecified atom stereocenters. The van der Waals surface area contributed by atoms with Crippen LogP contribution in [0, 0.1) is 0 Å². The van der Waals surface area contributed by atoms with Crippen molar-refractivity contribution < 1.29 is 23.4 Å². The topological polar surface area (TPSA) is 57.9 Å². The van der Waals surface area contributed by atoms with Crippen molar-refractivity contribution in [3.05, 3.63) is 46.9 Å². The summed E-state index contributed by atoms with van der Waals surface area (Å²) in [6, 6.07) is 6.64. The van der Waals surface area contributed by atoms with Gasteiger partial charge in [0.15, 0.2) is 11.5 Å². The van der Waals surface area contributed by atoms with E-state index in [1.807, 2.05) is 0 Å². The van der Waals surface area contributed by atoms with E-state index in [-0.39, 0.29) is 12.4 Å². The molecule has 6 heteroatoms. The maximum Gasteiger partial charge on any atom is 0.374 e. The normalized spacial score (nSPS) is 13.6. The summed E-state index contributed by atoms with van der Waals surface area (Å²) in [4.78, 5) is 11.7. The van der Waals surface area contributed by atoms with Gasteiger partial charge in [0.25, 0.3) is 0 Å². The monoisotopic (exact) mass is 308 g/mol. The molecule has 110 valence electrons. The first-order valence-corrected chi connectivity index (χ1v) is 6.90. The van der Waals surface area contributed by atoms with Gasteiger partial charge >= 0.3 is 5.97 Å². The summed E-state index contributed by atoms with van der Waals surface area (Å²) in [5, 5.41) is 0.443. The molecule has 1 aromatic carbocycles. The van der Waals surface area contributed by atoms with Gasteiger partial charge in [-0.25, -0.2) is 4.79 Å². The number of fused-ring (bicyclic) bond motifs is 1. The lowest BCUT2D eigenvalue weighted by Crippen LogP contribution is -2.04. The van der Waals surface area contributed by atoms with E-state index in [9.17, 15) is 4.79 Å². The summed E-state index contributed by atoms with van der Waals surface area (Å²) < 4.78 is 21.3. The molecule has 0 N–H and O–H groups in total. The van der Waals surface area contributed by atoms with E-state index in [4.69, 9.17) is 30.2 Å². The third-order valence-corrected chi connectivity index (χ3v) is 3.23. The first-order valence-electron chi connectivity index (χ1n) is 6.52. The Bertz CT molecular complexity index is 636. The van der Waals surface area contributed by atoms with Gasteiger partial charge in [-0.1, -0.05) is 11.6 Å². The quantitative estimate of drug-likeness (QED) is 0.813. The molecule has 0 atom stereocenters. The van der Waals surface area contributed by atoms with Gasteiger partial charge in [-0.3, -0.25) is 0 Å². The smallest absolute Gasteiger partial charge is 0.374 e. The predicted octanol–water partition coefficient (Wildman–Crippen LogP) is 3.45. The highest BCUT2D eigenvalue weighted by molar-refractivity contribution is 6.32. The van der Waals surface area contributed by atoms with Gasteiger partial charge in [0.05, 0.1) is 24.5 Å². The number of furan rings is 1. The fourth-order valence-corrected chi connectivity index (χ4v) is 2.27. The third kappa shape index (κ3) is 3.13. The van der Waals surface area contributed by atoms with Crippen molar-refractivity contribution in [1.82, 2.24) is 0 Å². The molecule has 0 spiro atoms. The van der Waals surface area contributed by atoms with E-state index < -0.39 is 5.97 Å². The van der Waals surface area contributed by atoms with Gasteiger partial charge in [-0.05, 0) is 29.8 Å². The highest BCUT2D eigenvalue weighted by Gasteiger charge is 2.17. The second-order valence-electron chi connectivity index (χ2n) is 4.51. The first-order chi connectivity index (χ1) is 10.2. The molecule has 0 radical (unpaired) electrons. The third-order valence-electron chi connectivity index (χ3n) is 2.95. The highest BCUT2D eigenvalue weighted by Crippen LogP contribution is 2.38. The van der Waals surface area contributed by atoms with Crippen molar-refractivity contribution in [2.45, 2.75) is 13.0 Å². The molecule has 0 bridgehead atoms. The van der Waals surface area contributed by atoms with Gasteiger partial charge < -0.3 is 18.6 Å². The average Bonchev–Trinajstić information content (AvgIpc) is 2.91. The van der Waals surface area contributed by atoms with Gasteiger partial charge in [-0.2, -0.15) is 0 Å². The number of esters is 1. The standard InChI is InChI=1S/C15H13ClO5/c16-11-7-10(8-13-14(11)20-6-2-5-19-13)9-21-15(17)12-3-1-4-18-12/h1,3-4,7-8H,2,5-6,9H2. The maximum absolute atomic E-state index is 11.7. The van der Waals surface area contributed by atoms with Crippen molar-refractivity contribution in [2.24, 2.45) is 0 Å². The van der Waals surface area contributed by atoms with Gasteiger partial charge in [-0.15, -0.1) is 0 Å². The minimum Gasteiger partial charge on any atom is -0.489 e. The second-order valence-corrected chi connectivity index (χ2v) is 4.92. The molecule has 0 amide bonds. The molecule has 1 aliphatic heterocycles. The Kier molecular flexibility index (Phi) is 4.01. The molecular formula is C15H13ClO5. The molecule has 0 saturated heterocycles. The number of halogens is 1.